The first-order valence-corrected chi connectivity index (χ1v) is 5.48. The lowest BCUT2D eigenvalue weighted by atomic mass is 9.86. The van der Waals surface area contributed by atoms with Crippen LogP contribution in [0.5, 0.6) is 0 Å². The molecule has 84 valence electrons. The van der Waals surface area contributed by atoms with E-state index in [2.05, 4.69) is 10.1 Å². The minimum absolute atomic E-state index is 0.0587. The van der Waals surface area contributed by atoms with Crippen LogP contribution in [0.2, 0.25) is 0 Å². The molecule has 1 saturated carbocycles. The van der Waals surface area contributed by atoms with E-state index in [0.717, 1.165) is 25.7 Å². The molecule has 0 amide bonds. The zero-order chi connectivity index (χ0) is 10.7. The Hall–Kier alpha value is -0.940. The van der Waals surface area contributed by atoms with Gasteiger partial charge in [0, 0.05) is 18.4 Å². The second-order valence-electron chi connectivity index (χ2n) is 4.15. The molecule has 5 nitrogen and oxygen atoms in total. The molecule has 1 aliphatic carbocycles. The van der Waals surface area contributed by atoms with Gasteiger partial charge in [0.2, 0.25) is 5.89 Å². The van der Waals surface area contributed by atoms with E-state index in [0.29, 0.717) is 24.1 Å². The molecular formula is C10H17N3O2. The standard InChI is InChI=1S/C10H17N3O2/c11-8-3-1-2-7(6-8)10-12-9(4-5-14)13-15-10/h7-8,14H,1-6,11H2. The van der Waals surface area contributed by atoms with E-state index in [1.807, 2.05) is 0 Å². The molecule has 0 bridgehead atoms. The molecule has 0 spiro atoms. The Kier molecular flexibility index (Phi) is 3.33. The van der Waals surface area contributed by atoms with E-state index in [9.17, 15) is 0 Å². The van der Waals surface area contributed by atoms with E-state index >= 15 is 0 Å². The summed E-state index contributed by atoms with van der Waals surface area (Å²) in [5.74, 6) is 1.59. The van der Waals surface area contributed by atoms with Crippen molar-refractivity contribution in [1.82, 2.24) is 10.1 Å². The second kappa shape index (κ2) is 4.72. The molecule has 1 fully saturated rings. The van der Waals surface area contributed by atoms with Crippen molar-refractivity contribution in [3.8, 4) is 0 Å². The molecule has 0 saturated heterocycles. The second-order valence-corrected chi connectivity index (χ2v) is 4.15. The maximum absolute atomic E-state index is 8.74. The predicted octanol–water partition coefficient (Wildman–Crippen LogP) is 0.589. The fourth-order valence-electron chi connectivity index (χ4n) is 2.09. The lowest BCUT2D eigenvalue weighted by Crippen LogP contribution is -2.26. The summed E-state index contributed by atoms with van der Waals surface area (Å²) in [6.07, 6.45) is 4.69. The Morgan fingerprint density at radius 3 is 3.07 bits per heavy atom. The van der Waals surface area contributed by atoms with Crippen LogP contribution in [0.25, 0.3) is 0 Å². The monoisotopic (exact) mass is 211 g/mol. The molecule has 2 atom stereocenters. The fraction of sp³-hybridized carbons (Fsp3) is 0.800. The zero-order valence-corrected chi connectivity index (χ0v) is 8.72. The molecule has 0 radical (unpaired) electrons. The molecule has 2 rings (SSSR count). The molecule has 15 heavy (non-hydrogen) atoms. The summed E-state index contributed by atoms with van der Waals surface area (Å²) in [6, 6.07) is 0.261. The summed E-state index contributed by atoms with van der Waals surface area (Å²) in [6.45, 7) is 0.0587. The van der Waals surface area contributed by atoms with Gasteiger partial charge in [0.1, 0.15) is 0 Å². The third-order valence-corrected chi connectivity index (χ3v) is 2.88. The van der Waals surface area contributed by atoms with Crippen LogP contribution in [0.3, 0.4) is 0 Å². The Morgan fingerprint density at radius 2 is 2.33 bits per heavy atom. The molecule has 1 heterocycles. The van der Waals surface area contributed by atoms with E-state index in [-0.39, 0.29) is 12.6 Å². The van der Waals surface area contributed by atoms with Gasteiger partial charge in [0.25, 0.3) is 0 Å². The van der Waals surface area contributed by atoms with Crippen LogP contribution in [0.15, 0.2) is 4.52 Å². The average Bonchev–Trinajstić information content (AvgIpc) is 2.67. The first-order valence-electron chi connectivity index (χ1n) is 5.48. The first kappa shape index (κ1) is 10.6. The summed E-state index contributed by atoms with van der Waals surface area (Å²) in [7, 11) is 0. The van der Waals surface area contributed by atoms with Crippen LogP contribution in [0.1, 0.15) is 43.3 Å². The number of aliphatic hydroxyl groups excluding tert-OH is 1. The summed E-state index contributed by atoms with van der Waals surface area (Å²) in [4.78, 5) is 4.26. The van der Waals surface area contributed by atoms with Gasteiger partial charge in [-0.05, 0) is 19.3 Å². The number of aromatic nitrogens is 2. The Balaban J connectivity index is 2.01. The van der Waals surface area contributed by atoms with Gasteiger partial charge in [-0.1, -0.05) is 11.6 Å². The van der Waals surface area contributed by atoms with Gasteiger partial charge in [-0.25, -0.2) is 0 Å². The molecule has 3 N–H and O–H groups in total. The number of hydrogen-bond acceptors (Lipinski definition) is 5. The van der Waals surface area contributed by atoms with Crippen molar-refractivity contribution >= 4 is 0 Å². The normalized spacial score (nSPS) is 26.8. The molecule has 1 aromatic heterocycles. The van der Waals surface area contributed by atoms with E-state index in [1.165, 1.54) is 0 Å². The number of rotatable bonds is 3. The van der Waals surface area contributed by atoms with Gasteiger partial charge < -0.3 is 15.4 Å². The highest BCUT2D eigenvalue weighted by molar-refractivity contribution is 4.97. The van der Waals surface area contributed by atoms with Gasteiger partial charge in [0.15, 0.2) is 5.82 Å². The highest BCUT2D eigenvalue weighted by Gasteiger charge is 2.25. The SMILES string of the molecule is NC1CCCC(c2nc(CCO)no2)C1. The van der Waals surface area contributed by atoms with Crippen molar-refractivity contribution in [2.45, 2.75) is 44.1 Å². The largest absolute Gasteiger partial charge is 0.396 e. The summed E-state index contributed by atoms with van der Waals surface area (Å²) < 4.78 is 5.18. The zero-order valence-electron chi connectivity index (χ0n) is 8.72. The van der Waals surface area contributed by atoms with Crippen molar-refractivity contribution in [3.63, 3.8) is 0 Å². The van der Waals surface area contributed by atoms with Gasteiger partial charge in [-0.15, -0.1) is 0 Å². The van der Waals surface area contributed by atoms with Crippen molar-refractivity contribution < 1.29 is 9.63 Å². The van der Waals surface area contributed by atoms with Crippen LogP contribution in [0.4, 0.5) is 0 Å². The number of nitrogens with zero attached hydrogens (tertiary/aromatic N) is 2. The topological polar surface area (TPSA) is 85.2 Å². The van der Waals surface area contributed by atoms with Gasteiger partial charge in [-0.3, -0.25) is 0 Å². The predicted molar refractivity (Wildman–Crippen MR) is 54.3 cm³/mol. The van der Waals surface area contributed by atoms with Crippen LogP contribution in [-0.4, -0.2) is 27.9 Å². The van der Waals surface area contributed by atoms with E-state index in [4.69, 9.17) is 15.4 Å². The molecule has 0 aliphatic heterocycles. The Morgan fingerprint density at radius 1 is 1.47 bits per heavy atom. The number of aliphatic hydroxyl groups is 1. The van der Waals surface area contributed by atoms with Crippen molar-refractivity contribution in [2.24, 2.45) is 5.73 Å². The molecule has 5 heteroatoms. The minimum Gasteiger partial charge on any atom is -0.396 e. The first-order chi connectivity index (χ1) is 7.29. The summed E-state index contributed by atoms with van der Waals surface area (Å²) in [5, 5.41) is 12.6. The summed E-state index contributed by atoms with van der Waals surface area (Å²) >= 11 is 0. The minimum atomic E-state index is 0.0587. The summed E-state index contributed by atoms with van der Waals surface area (Å²) in [5.41, 5.74) is 5.90. The molecule has 1 aliphatic rings. The highest BCUT2D eigenvalue weighted by atomic mass is 16.5. The average molecular weight is 211 g/mol. The molecule has 0 aromatic carbocycles. The number of nitrogens with two attached hydrogens (primary N) is 1. The molecular weight excluding hydrogens is 194 g/mol. The quantitative estimate of drug-likeness (QED) is 0.764. The van der Waals surface area contributed by atoms with Gasteiger partial charge in [0.05, 0.1) is 6.61 Å². The third-order valence-electron chi connectivity index (χ3n) is 2.88. The molecule has 2 unspecified atom stereocenters. The fourth-order valence-corrected chi connectivity index (χ4v) is 2.09. The van der Waals surface area contributed by atoms with E-state index in [1.54, 1.807) is 0 Å². The van der Waals surface area contributed by atoms with Crippen LogP contribution < -0.4 is 5.73 Å². The van der Waals surface area contributed by atoms with Crippen LogP contribution in [0, 0.1) is 0 Å². The lowest BCUT2D eigenvalue weighted by molar-refractivity contribution is 0.286. The van der Waals surface area contributed by atoms with Gasteiger partial charge >= 0.3 is 0 Å². The van der Waals surface area contributed by atoms with Crippen molar-refractivity contribution in [3.05, 3.63) is 11.7 Å². The van der Waals surface area contributed by atoms with Crippen molar-refractivity contribution in [1.29, 1.82) is 0 Å². The van der Waals surface area contributed by atoms with Crippen molar-refractivity contribution in [2.75, 3.05) is 6.61 Å². The Labute approximate surface area is 88.7 Å². The highest BCUT2D eigenvalue weighted by Crippen LogP contribution is 2.30. The third kappa shape index (κ3) is 2.54. The van der Waals surface area contributed by atoms with Crippen LogP contribution in [-0.2, 0) is 6.42 Å². The number of hydrogen-bond donors (Lipinski definition) is 2. The van der Waals surface area contributed by atoms with Gasteiger partial charge in [-0.2, -0.15) is 4.98 Å². The lowest BCUT2D eigenvalue weighted by Gasteiger charge is -2.23. The maximum Gasteiger partial charge on any atom is 0.229 e. The smallest absolute Gasteiger partial charge is 0.229 e. The van der Waals surface area contributed by atoms with Crippen LogP contribution >= 0.6 is 0 Å². The molecule has 1 aromatic rings. The maximum atomic E-state index is 8.74. The van der Waals surface area contributed by atoms with E-state index < -0.39 is 0 Å². The Bertz CT molecular complexity index is 313.